The van der Waals surface area contributed by atoms with Crippen LogP contribution in [0.15, 0.2) is 90.3 Å². The van der Waals surface area contributed by atoms with Gasteiger partial charge in [-0.3, -0.25) is 4.90 Å². The van der Waals surface area contributed by atoms with Gasteiger partial charge in [-0.2, -0.15) is 0 Å². The maximum Gasteiger partial charge on any atom is 0.355 e. The first-order valence-corrected chi connectivity index (χ1v) is 11.8. The van der Waals surface area contributed by atoms with E-state index < -0.39 is 11.9 Å². The third kappa shape index (κ3) is 5.81. The van der Waals surface area contributed by atoms with Gasteiger partial charge in [0.1, 0.15) is 5.70 Å². The van der Waals surface area contributed by atoms with E-state index in [1.165, 1.54) is 19.8 Å². The Hall–Kier alpha value is -3.84. The standard InChI is InChI=1S/C28H31N3O4/c1-34-27(32)23-12-8-9-17-31(26(23)28(33)35-2)25-14-7-6-13-24(25)29-22-15-18-30(19-16-22)20-21-10-4-3-5-11-21/h3-14,17,22,29H,15-16,18-20H2,1-2H3. The van der Waals surface area contributed by atoms with Crippen molar-refractivity contribution >= 4 is 23.3 Å². The number of ether oxygens (including phenoxy) is 2. The average molecular weight is 474 g/mol. The number of hydrogen-bond acceptors (Lipinski definition) is 7. The lowest BCUT2D eigenvalue weighted by Gasteiger charge is -2.34. The molecule has 2 aliphatic rings. The Morgan fingerprint density at radius 1 is 0.914 bits per heavy atom. The quantitative estimate of drug-likeness (QED) is 0.603. The van der Waals surface area contributed by atoms with Crippen LogP contribution in [0.1, 0.15) is 18.4 Å². The summed E-state index contributed by atoms with van der Waals surface area (Å²) in [4.78, 5) is 29.4. The second kappa shape index (κ2) is 11.5. The van der Waals surface area contributed by atoms with Gasteiger partial charge >= 0.3 is 11.9 Å². The van der Waals surface area contributed by atoms with Crippen LogP contribution in [-0.2, 0) is 25.6 Å². The molecule has 0 atom stereocenters. The largest absolute Gasteiger partial charge is 0.465 e. The lowest BCUT2D eigenvalue weighted by atomic mass is 10.0. The molecule has 182 valence electrons. The van der Waals surface area contributed by atoms with Crippen molar-refractivity contribution in [3.8, 4) is 0 Å². The van der Waals surface area contributed by atoms with Gasteiger partial charge in [-0.25, -0.2) is 9.59 Å². The monoisotopic (exact) mass is 473 g/mol. The predicted octanol–water partition coefficient (Wildman–Crippen LogP) is 4.25. The number of para-hydroxylation sites is 2. The number of carbonyl (C=O) groups is 2. The van der Waals surface area contributed by atoms with Crippen molar-refractivity contribution in [3.63, 3.8) is 0 Å². The minimum Gasteiger partial charge on any atom is -0.465 e. The number of carbonyl (C=O) groups excluding carboxylic acids is 2. The molecule has 0 aromatic heterocycles. The Kier molecular flexibility index (Phi) is 8.00. The molecule has 2 aromatic rings. The van der Waals surface area contributed by atoms with E-state index in [9.17, 15) is 9.59 Å². The molecule has 0 aliphatic carbocycles. The molecule has 2 aromatic carbocycles. The minimum absolute atomic E-state index is 0.108. The molecule has 0 radical (unpaired) electrons. The first-order valence-electron chi connectivity index (χ1n) is 11.8. The summed E-state index contributed by atoms with van der Waals surface area (Å²) in [6.07, 6.45) is 8.80. The molecule has 7 nitrogen and oxygen atoms in total. The van der Waals surface area contributed by atoms with Crippen molar-refractivity contribution in [2.75, 3.05) is 37.5 Å². The van der Waals surface area contributed by atoms with Crippen LogP contribution in [0.3, 0.4) is 0 Å². The average Bonchev–Trinajstić information content (AvgIpc) is 3.13. The normalized spacial score (nSPS) is 16.7. The number of nitrogens with zero attached hydrogens (tertiary/aromatic N) is 2. The highest BCUT2D eigenvalue weighted by atomic mass is 16.5. The number of esters is 2. The summed E-state index contributed by atoms with van der Waals surface area (Å²) in [5.41, 5.74) is 3.20. The molecule has 0 amide bonds. The van der Waals surface area contributed by atoms with Crippen LogP contribution in [0.5, 0.6) is 0 Å². The Labute approximate surface area is 206 Å². The number of hydrogen-bond donors (Lipinski definition) is 1. The zero-order valence-corrected chi connectivity index (χ0v) is 20.1. The zero-order chi connectivity index (χ0) is 24.6. The van der Waals surface area contributed by atoms with Crippen molar-refractivity contribution in [2.24, 2.45) is 0 Å². The molecular formula is C28H31N3O4. The Morgan fingerprint density at radius 3 is 2.31 bits per heavy atom. The SMILES string of the molecule is COC(=O)C1=C(C(=O)OC)N(c2ccccc2NC2CCN(Cc3ccccc3)CC2)C=CC=C1. The van der Waals surface area contributed by atoms with Crippen LogP contribution >= 0.6 is 0 Å². The van der Waals surface area contributed by atoms with Gasteiger partial charge in [0.05, 0.1) is 31.2 Å². The molecule has 2 aliphatic heterocycles. The summed E-state index contributed by atoms with van der Waals surface area (Å²) in [7, 11) is 2.59. The van der Waals surface area contributed by atoms with E-state index >= 15 is 0 Å². The Morgan fingerprint density at radius 2 is 1.60 bits per heavy atom. The molecule has 0 saturated carbocycles. The van der Waals surface area contributed by atoms with Crippen LogP contribution in [0.4, 0.5) is 11.4 Å². The van der Waals surface area contributed by atoms with Crippen LogP contribution in [0.2, 0.25) is 0 Å². The van der Waals surface area contributed by atoms with Crippen LogP contribution in [-0.4, -0.2) is 50.2 Å². The second-order valence-corrected chi connectivity index (χ2v) is 8.51. The Balaban J connectivity index is 1.54. The van der Waals surface area contributed by atoms with Crippen molar-refractivity contribution in [3.05, 3.63) is 95.9 Å². The van der Waals surface area contributed by atoms with Gasteiger partial charge in [-0.15, -0.1) is 0 Å². The van der Waals surface area contributed by atoms with Crippen molar-refractivity contribution in [2.45, 2.75) is 25.4 Å². The maximum atomic E-state index is 12.8. The highest BCUT2D eigenvalue weighted by Gasteiger charge is 2.29. The van der Waals surface area contributed by atoms with Gasteiger partial charge in [0.2, 0.25) is 0 Å². The number of benzene rings is 2. The number of methoxy groups -OCH3 is 2. The van der Waals surface area contributed by atoms with Crippen LogP contribution < -0.4 is 10.2 Å². The van der Waals surface area contributed by atoms with E-state index in [0.717, 1.165) is 43.9 Å². The number of likely N-dealkylation sites (tertiary alicyclic amines) is 1. The lowest BCUT2D eigenvalue weighted by molar-refractivity contribution is -0.139. The third-order valence-corrected chi connectivity index (χ3v) is 6.25. The van der Waals surface area contributed by atoms with Gasteiger partial charge in [-0.1, -0.05) is 48.5 Å². The van der Waals surface area contributed by atoms with Crippen molar-refractivity contribution in [1.29, 1.82) is 0 Å². The fourth-order valence-corrected chi connectivity index (χ4v) is 4.45. The number of allylic oxidation sites excluding steroid dienone is 2. The number of rotatable bonds is 7. The smallest absolute Gasteiger partial charge is 0.355 e. The first-order chi connectivity index (χ1) is 17.1. The summed E-state index contributed by atoms with van der Waals surface area (Å²) in [5, 5.41) is 3.67. The van der Waals surface area contributed by atoms with Gasteiger partial charge in [0, 0.05) is 31.9 Å². The minimum atomic E-state index is -0.620. The summed E-state index contributed by atoms with van der Waals surface area (Å²) in [5.74, 6) is -1.22. The van der Waals surface area contributed by atoms with Gasteiger partial charge in [0.25, 0.3) is 0 Å². The van der Waals surface area contributed by atoms with E-state index in [1.54, 1.807) is 29.3 Å². The fraction of sp³-hybridized carbons (Fsp3) is 0.286. The molecular weight excluding hydrogens is 442 g/mol. The summed E-state index contributed by atoms with van der Waals surface area (Å²) in [6, 6.07) is 18.6. The highest BCUT2D eigenvalue weighted by Crippen LogP contribution is 2.33. The maximum absolute atomic E-state index is 12.8. The predicted molar refractivity (Wildman–Crippen MR) is 137 cm³/mol. The van der Waals surface area contributed by atoms with E-state index in [1.807, 2.05) is 30.3 Å². The van der Waals surface area contributed by atoms with E-state index in [-0.39, 0.29) is 11.3 Å². The molecule has 1 N–H and O–H groups in total. The summed E-state index contributed by atoms with van der Waals surface area (Å²) >= 11 is 0. The summed E-state index contributed by atoms with van der Waals surface area (Å²) < 4.78 is 9.96. The summed E-state index contributed by atoms with van der Waals surface area (Å²) in [6.45, 7) is 2.96. The molecule has 0 spiro atoms. The van der Waals surface area contributed by atoms with Crippen LogP contribution in [0, 0.1) is 0 Å². The zero-order valence-electron chi connectivity index (χ0n) is 20.1. The first kappa shape index (κ1) is 24.3. The van der Waals surface area contributed by atoms with E-state index in [0.29, 0.717) is 6.04 Å². The number of nitrogens with one attached hydrogen (secondary N) is 1. The molecule has 35 heavy (non-hydrogen) atoms. The number of piperidine rings is 1. The van der Waals surface area contributed by atoms with E-state index in [4.69, 9.17) is 9.47 Å². The third-order valence-electron chi connectivity index (χ3n) is 6.25. The molecule has 2 heterocycles. The molecule has 0 bridgehead atoms. The molecule has 0 unspecified atom stereocenters. The Bertz CT molecular complexity index is 1130. The highest BCUT2D eigenvalue weighted by molar-refractivity contribution is 6.06. The van der Waals surface area contributed by atoms with Crippen molar-refractivity contribution in [1.82, 2.24) is 4.90 Å². The van der Waals surface area contributed by atoms with Gasteiger partial charge < -0.3 is 19.7 Å². The lowest BCUT2D eigenvalue weighted by Crippen LogP contribution is -2.39. The topological polar surface area (TPSA) is 71.1 Å². The molecule has 4 rings (SSSR count). The molecule has 7 heteroatoms. The van der Waals surface area contributed by atoms with Gasteiger partial charge in [-0.05, 0) is 42.7 Å². The molecule has 1 fully saturated rings. The van der Waals surface area contributed by atoms with Crippen molar-refractivity contribution < 1.29 is 19.1 Å². The van der Waals surface area contributed by atoms with Gasteiger partial charge in [0.15, 0.2) is 0 Å². The van der Waals surface area contributed by atoms with E-state index in [2.05, 4.69) is 34.5 Å². The second-order valence-electron chi connectivity index (χ2n) is 8.51. The fourth-order valence-electron chi connectivity index (χ4n) is 4.45. The molecule has 1 saturated heterocycles. The number of anilines is 2. The van der Waals surface area contributed by atoms with Crippen LogP contribution in [0.25, 0.3) is 0 Å².